The second-order valence-electron chi connectivity index (χ2n) is 6.59. The summed E-state index contributed by atoms with van der Waals surface area (Å²) in [6, 6.07) is 15.4. The van der Waals surface area contributed by atoms with Crippen LogP contribution in [0.5, 0.6) is 0 Å². The third kappa shape index (κ3) is 6.03. The summed E-state index contributed by atoms with van der Waals surface area (Å²) in [4.78, 5) is 9.21. The summed E-state index contributed by atoms with van der Waals surface area (Å²) in [5, 5.41) is 24.5. The molecule has 8 nitrogen and oxygen atoms in total. The Hall–Kier alpha value is -3.92. The molecule has 0 spiro atoms. The Bertz CT molecular complexity index is 1230. The average Bonchev–Trinajstić information content (AvgIpc) is 2.79. The van der Waals surface area contributed by atoms with E-state index in [1.165, 1.54) is 0 Å². The van der Waals surface area contributed by atoms with Crippen LogP contribution in [0.25, 0.3) is 0 Å². The predicted octanol–water partition coefficient (Wildman–Crippen LogP) is 2.89. The van der Waals surface area contributed by atoms with Crippen molar-refractivity contribution in [1.82, 2.24) is 9.97 Å². The highest BCUT2D eigenvalue weighted by molar-refractivity contribution is 7.73. The van der Waals surface area contributed by atoms with Crippen LogP contribution >= 0.6 is 0 Å². The monoisotopic (exact) mass is 432 g/mol. The van der Waals surface area contributed by atoms with E-state index < -0.39 is 10.6 Å². The lowest BCUT2D eigenvalue weighted by atomic mass is 10.1. The number of thiol groups is 1. The van der Waals surface area contributed by atoms with Crippen LogP contribution in [0.15, 0.2) is 59.6 Å². The molecule has 9 heteroatoms. The van der Waals surface area contributed by atoms with E-state index in [0.717, 1.165) is 5.56 Å². The van der Waals surface area contributed by atoms with Crippen LogP contribution in [-0.2, 0) is 10.6 Å². The predicted molar refractivity (Wildman–Crippen MR) is 120 cm³/mol. The molecule has 2 atom stereocenters. The maximum atomic E-state index is 11.2. The Morgan fingerprint density at radius 2 is 1.81 bits per heavy atom. The summed E-state index contributed by atoms with van der Waals surface area (Å²) in [6.45, 7) is 1.73. The standard InChI is InChI=1S/C22H20N6O2S/c1-15(14-29)26-21-18(7-6-16-2-4-17(12-23)5-3-16)13-25-22(28-21)27-19-8-10-20(11-9-19)31(24)30/h2-5,8-11,13,15,24,29,31H,14H2,1H3,(H2,25,26,27,28)/t15-/m1/s1. The SMILES string of the molecule is C[C@H](CO)Nc1nc(Nc2ccc([SH](=N)=O)cc2)ncc1C#Cc1ccc(C#N)cc1. The number of nitrogens with one attached hydrogen (secondary N) is 3. The maximum absolute atomic E-state index is 11.2. The highest BCUT2D eigenvalue weighted by Crippen LogP contribution is 2.19. The van der Waals surface area contributed by atoms with Crippen LogP contribution in [0.2, 0.25) is 0 Å². The lowest BCUT2D eigenvalue weighted by molar-refractivity contribution is 0.281. The van der Waals surface area contributed by atoms with Crippen molar-refractivity contribution in [2.45, 2.75) is 17.9 Å². The molecule has 1 heterocycles. The smallest absolute Gasteiger partial charge is 0.229 e. The first-order chi connectivity index (χ1) is 15.0. The van der Waals surface area contributed by atoms with E-state index >= 15 is 0 Å². The topological polar surface area (TPSA) is 135 Å². The first kappa shape index (κ1) is 21.8. The van der Waals surface area contributed by atoms with Gasteiger partial charge in [-0.15, -0.1) is 0 Å². The first-order valence-electron chi connectivity index (χ1n) is 9.30. The number of rotatable bonds is 6. The third-order valence-corrected chi connectivity index (χ3v) is 4.93. The fourth-order valence-electron chi connectivity index (χ4n) is 2.50. The van der Waals surface area contributed by atoms with Crippen LogP contribution in [0.3, 0.4) is 0 Å². The number of hydrogen-bond donors (Lipinski definition) is 5. The summed E-state index contributed by atoms with van der Waals surface area (Å²) >= 11 is 0. The van der Waals surface area contributed by atoms with Gasteiger partial charge in [0, 0.05) is 22.2 Å². The number of nitriles is 1. The zero-order valence-corrected chi connectivity index (χ0v) is 17.5. The van der Waals surface area contributed by atoms with Crippen LogP contribution in [0, 0.1) is 28.0 Å². The number of nitrogens with zero attached hydrogens (tertiary/aromatic N) is 3. The fraction of sp³-hybridized carbons (Fsp3) is 0.136. The molecule has 1 unspecified atom stereocenters. The van der Waals surface area contributed by atoms with Gasteiger partial charge >= 0.3 is 0 Å². The lowest BCUT2D eigenvalue weighted by Crippen LogP contribution is -2.21. The molecule has 0 aliphatic carbocycles. The van der Waals surface area contributed by atoms with Gasteiger partial charge in [0.05, 0.1) is 40.6 Å². The number of hydrogen-bond acceptors (Lipinski definition) is 8. The maximum Gasteiger partial charge on any atom is 0.229 e. The van der Waals surface area contributed by atoms with Crippen molar-refractivity contribution in [2.75, 3.05) is 17.2 Å². The molecule has 0 saturated heterocycles. The van der Waals surface area contributed by atoms with Gasteiger partial charge < -0.3 is 15.7 Å². The lowest BCUT2D eigenvalue weighted by Gasteiger charge is -2.14. The molecule has 0 saturated carbocycles. The molecule has 0 amide bonds. The minimum Gasteiger partial charge on any atom is -0.394 e. The van der Waals surface area contributed by atoms with Crippen LogP contribution in [0.4, 0.5) is 17.5 Å². The summed E-state index contributed by atoms with van der Waals surface area (Å²) in [7, 11) is -2.14. The molecule has 1 aromatic heterocycles. The van der Waals surface area contributed by atoms with Gasteiger partial charge in [0.15, 0.2) is 0 Å². The Labute approximate surface area is 182 Å². The van der Waals surface area contributed by atoms with Crippen LogP contribution in [-0.4, -0.2) is 31.9 Å². The van der Waals surface area contributed by atoms with Gasteiger partial charge in [-0.2, -0.15) is 10.2 Å². The first-order valence-corrected chi connectivity index (χ1v) is 10.6. The third-order valence-electron chi connectivity index (χ3n) is 4.16. The van der Waals surface area contributed by atoms with E-state index in [-0.39, 0.29) is 12.6 Å². The minimum absolute atomic E-state index is 0.0813. The van der Waals surface area contributed by atoms with E-state index in [1.807, 2.05) is 6.92 Å². The van der Waals surface area contributed by atoms with E-state index in [9.17, 15) is 9.32 Å². The van der Waals surface area contributed by atoms with Crippen LogP contribution in [0.1, 0.15) is 23.6 Å². The molecule has 3 rings (SSSR count). The summed E-state index contributed by atoms with van der Waals surface area (Å²) < 4.78 is 18.5. The highest BCUT2D eigenvalue weighted by Gasteiger charge is 2.09. The molecular weight excluding hydrogens is 412 g/mol. The summed E-state index contributed by atoms with van der Waals surface area (Å²) in [5.41, 5.74) is 2.54. The molecule has 156 valence electrons. The largest absolute Gasteiger partial charge is 0.394 e. The molecule has 0 radical (unpaired) electrons. The molecule has 0 aliphatic rings. The number of anilines is 3. The van der Waals surface area contributed by atoms with Crippen molar-refractivity contribution in [3.8, 4) is 17.9 Å². The van der Waals surface area contributed by atoms with E-state index in [0.29, 0.717) is 33.5 Å². The van der Waals surface area contributed by atoms with Gasteiger partial charge in [0.1, 0.15) is 5.82 Å². The fourth-order valence-corrected chi connectivity index (χ4v) is 2.92. The molecule has 31 heavy (non-hydrogen) atoms. The minimum atomic E-state index is -2.14. The number of benzene rings is 2. The summed E-state index contributed by atoms with van der Waals surface area (Å²) in [6.07, 6.45) is 1.58. The second-order valence-corrected chi connectivity index (χ2v) is 7.69. The van der Waals surface area contributed by atoms with Gasteiger partial charge in [-0.1, -0.05) is 11.8 Å². The molecular formula is C22H20N6O2S. The molecule has 0 aliphatic heterocycles. The Morgan fingerprint density at radius 3 is 2.42 bits per heavy atom. The molecule has 2 aromatic carbocycles. The average molecular weight is 433 g/mol. The van der Waals surface area contributed by atoms with Gasteiger partial charge in [0.2, 0.25) is 5.95 Å². The quantitative estimate of drug-likeness (QED) is 0.299. The van der Waals surface area contributed by atoms with Crippen molar-refractivity contribution < 1.29 is 9.32 Å². The zero-order chi connectivity index (χ0) is 22.2. The summed E-state index contributed by atoms with van der Waals surface area (Å²) in [5.74, 6) is 6.83. The van der Waals surface area contributed by atoms with E-state index in [4.69, 9.17) is 10.0 Å². The van der Waals surface area contributed by atoms with Gasteiger partial charge in [-0.25, -0.2) is 9.19 Å². The highest BCUT2D eigenvalue weighted by atomic mass is 32.2. The normalized spacial score (nSPS) is 12.0. The van der Waals surface area contributed by atoms with Crippen LogP contribution < -0.4 is 10.6 Å². The van der Waals surface area contributed by atoms with Crippen molar-refractivity contribution in [3.05, 3.63) is 71.4 Å². The van der Waals surface area contributed by atoms with Crippen molar-refractivity contribution in [2.24, 2.45) is 0 Å². The van der Waals surface area contributed by atoms with E-state index in [1.54, 1.807) is 54.7 Å². The molecule has 0 bridgehead atoms. The Morgan fingerprint density at radius 1 is 1.13 bits per heavy atom. The van der Waals surface area contributed by atoms with Crippen molar-refractivity contribution in [1.29, 1.82) is 10.0 Å². The zero-order valence-electron chi connectivity index (χ0n) is 16.6. The Balaban J connectivity index is 1.87. The molecule has 0 fully saturated rings. The van der Waals surface area contributed by atoms with Gasteiger partial charge in [0.25, 0.3) is 0 Å². The molecule has 4 N–H and O–H groups in total. The van der Waals surface area contributed by atoms with Gasteiger partial charge in [-0.3, -0.25) is 4.78 Å². The van der Waals surface area contributed by atoms with Crippen molar-refractivity contribution in [3.63, 3.8) is 0 Å². The molecule has 3 aromatic rings. The number of aliphatic hydroxyl groups excluding tert-OH is 1. The second kappa shape index (κ2) is 10.2. The number of aliphatic hydroxyl groups is 1. The van der Waals surface area contributed by atoms with Gasteiger partial charge in [-0.05, 0) is 55.5 Å². The van der Waals surface area contributed by atoms with Crippen molar-refractivity contribution >= 4 is 28.0 Å². The number of aromatic nitrogens is 2. The van der Waals surface area contributed by atoms with E-state index in [2.05, 4.69) is 38.5 Å². The Kier molecular flexibility index (Phi) is 7.17.